The summed E-state index contributed by atoms with van der Waals surface area (Å²) in [7, 11) is 0. The highest BCUT2D eigenvalue weighted by atomic mass is 19.4. The van der Waals surface area contributed by atoms with E-state index in [1.54, 1.807) is 12.1 Å². The smallest absolute Gasteiger partial charge is 0.416 e. The molecule has 0 saturated carbocycles. The van der Waals surface area contributed by atoms with Crippen LogP contribution in [0.3, 0.4) is 0 Å². The van der Waals surface area contributed by atoms with Gasteiger partial charge in [0.25, 0.3) is 5.91 Å². The van der Waals surface area contributed by atoms with Crippen molar-refractivity contribution in [3.8, 4) is 0 Å². The van der Waals surface area contributed by atoms with Gasteiger partial charge in [-0.3, -0.25) is 4.79 Å². The van der Waals surface area contributed by atoms with Crippen LogP contribution in [0.25, 0.3) is 0 Å². The summed E-state index contributed by atoms with van der Waals surface area (Å²) in [5.74, 6) is 0.427. The van der Waals surface area contributed by atoms with E-state index < -0.39 is 11.7 Å². The molecule has 0 aliphatic heterocycles. The first-order valence-corrected chi connectivity index (χ1v) is 8.40. The van der Waals surface area contributed by atoms with Crippen LogP contribution < -0.4 is 16.0 Å². The third-order valence-electron chi connectivity index (χ3n) is 3.49. The second-order valence-corrected chi connectivity index (χ2v) is 5.55. The van der Waals surface area contributed by atoms with Gasteiger partial charge in [-0.05, 0) is 36.8 Å². The van der Waals surface area contributed by atoms with Crippen LogP contribution in [0.2, 0.25) is 0 Å². The van der Waals surface area contributed by atoms with Crippen LogP contribution in [0, 0.1) is 0 Å². The number of rotatable bonds is 7. The zero-order valence-electron chi connectivity index (χ0n) is 14.8. The normalized spacial score (nSPS) is 11.9. The van der Waals surface area contributed by atoms with Gasteiger partial charge < -0.3 is 20.4 Å². The number of hydrogen-bond donors (Lipinski definition) is 3. The van der Waals surface area contributed by atoms with Gasteiger partial charge >= 0.3 is 6.18 Å². The maximum Gasteiger partial charge on any atom is 0.416 e. The number of halogens is 3. The number of carbonyl (C=O) groups excluding carboxylic acids is 1. The largest absolute Gasteiger partial charge is 0.459 e. The van der Waals surface area contributed by atoms with Crippen molar-refractivity contribution in [3.63, 3.8) is 0 Å². The molecule has 0 aliphatic carbocycles. The maximum atomic E-state index is 12.6. The molecule has 27 heavy (non-hydrogen) atoms. The van der Waals surface area contributed by atoms with E-state index in [1.165, 1.54) is 18.4 Å². The van der Waals surface area contributed by atoms with Gasteiger partial charge in [0.15, 0.2) is 11.7 Å². The highest BCUT2D eigenvalue weighted by Crippen LogP contribution is 2.29. The first-order valence-electron chi connectivity index (χ1n) is 8.40. The van der Waals surface area contributed by atoms with Gasteiger partial charge in [0, 0.05) is 19.6 Å². The Morgan fingerprint density at radius 2 is 1.78 bits per heavy atom. The second kappa shape index (κ2) is 9.65. The zero-order chi connectivity index (χ0) is 19.7. The molecule has 0 aliphatic rings. The van der Waals surface area contributed by atoms with Crippen LogP contribution in [0.4, 0.5) is 13.2 Å². The zero-order valence-corrected chi connectivity index (χ0v) is 14.8. The number of carbonyl (C=O) groups is 1. The molecular formula is C18H21F3N4O2. The number of guanidine groups is 1. The number of furan rings is 1. The number of amides is 1. The molecular weight excluding hydrogens is 361 g/mol. The summed E-state index contributed by atoms with van der Waals surface area (Å²) in [6, 6.07) is 8.08. The van der Waals surface area contributed by atoms with Gasteiger partial charge in [0.1, 0.15) is 0 Å². The van der Waals surface area contributed by atoms with E-state index in [0.29, 0.717) is 31.2 Å². The van der Waals surface area contributed by atoms with Gasteiger partial charge in [0.05, 0.1) is 18.4 Å². The lowest BCUT2D eigenvalue weighted by Gasteiger charge is -2.12. The summed E-state index contributed by atoms with van der Waals surface area (Å²) in [5, 5.41) is 8.76. The van der Waals surface area contributed by atoms with Crippen molar-refractivity contribution in [2.24, 2.45) is 4.99 Å². The van der Waals surface area contributed by atoms with Gasteiger partial charge in [-0.2, -0.15) is 13.2 Å². The Hall–Kier alpha value is -2.97. The molecule has 0 fully saturated rings. The SMILES string of the molecule is CCNC(=NCc1ccc(C(F)(F)F)cc1)NCCNC(=O)c1ccco1. The predicted octanol–water partition coefficient (Wildman–Crippen LogP) is 2.78. The van der Waals surface area contributed by atoms with Crippen LogP contribution >= 0.6 is 0 Å². The number of alkyl halides is 3. The number of nitrogens with zero attached hydrogens (tertiary/aromatic N) is 1. The third-order valence-corrected chi connectivity index (χ3v) is 3.49. The van der Waals surface area contributed by atoms with Crippen molar-refractivity contribution in [1.29, 1.82) is 0 Å². The minimum atomic E-state index is -4.35. The third kappa shape index (κ3) is 6.69. The van der Waals surface area contributed by atoms with Crippen molar-refractivity contribution in [1.82, 2.24) is 16.0 Å². The molecule has 1 aromatic heterocycles. The van der Waals surface area contributed by atoms with Crippen LogP contribution in [0.5, 0.6) is 0 Å². The molecule has 0 spiro atoms. The van der Waals surface area contributed by atoms with Gasteiger partial charge in [-0.15, -0.1) is 0 Å². The van der Waals surface area contributed by atoms with Crippen molar-refractivity contribution >= 4 is 11.9 Å². The minimum absolute atomic E-state index is 0.228. The van der Waals surface area contributed by atoms with Gasteiger partial charge in [-0.1, -0.05) is 12.1 Å². The van der Waals surface area contributed by atoms with Crippen molar-refractivity contribution in [3.05, 3.63) is 59.5 Å². The molecule has 0 unspecified atom stereocenters. The molecule has 1 amide bonds. The van der Waals surface area contributed by atoms with Gasteiger partial charge in [0.2, 0.25) is 0 Å². The monoisotopic (exact) mass is 382 g/mol. The van der Waals surface area contributed by atoms with Crippen LogP contribution in [-0.4, -0.2) is 31.5 Å². The molecule has 0 radical (unpaired) electrons. The summed E-state index contributed by atoms with van der Waals surface area (Å²) in [4.78, 5) is 16.1. The Balaban J connectivity index is 1.82. The lowest BCUT2D eigenvalue weighted by molar-refractivity contribution is -0.137. The number of hydrogen-bond acceptors (Lipinski definition) is 3. The van der Waals surface area contributed by atoms with Crippen LogP contribution in [0.1, 0.15) is 28.6 Å². The van der Waals surface area contributed by atoms with E-state index in [-0.39, 0.29) is 18.2 Å². The standard InChI is InChI=1S/C18H21F3N4O2/c1-2-22-17(24-10-9-23-16(26)15-4-3-11-27-15)25-12-13-5-7-14(8-6-13)18(19,20)21/h3-8,11H,2,9-10,12H2,1H3,(H,23,26)(H2,22,24,25). The lowest BCUT2D eigenvalue weighted by atomic mass is 10.1. The number of benzene rings is 1. The first kappa shape index (κ1) is 20.3. The molecule has 6 nitrogen and oxygen atoms in total. The summed E-state index contributed by atoms with van der Waals surface area (Å²) < 4.78 is 42.7. The maximum absolute atomic E-state index is 12.6. The quantitative estimate of drug-likeness (QED) is 0.391. The molecule has 146 valence electrons. The Morgan fingerprint density at radius 3 is 2.37 bits per heavy atom. The topological polar surface area (TPSA) is 78.7 Å². The van der Waals surface area contributed by atoms with E-state index in [4.69, 9.17) is 4.42 Å². The Labute approximate surface area is 154 Å². The number of nitrogens with one attached hydrogen (secondary N) is 3. The Kier molecular flexibility index (Phi) is 7.27. The van der Waals surface area contributed by atoms with E-state index >= 15 is 0 Å². The second-order valence-electron chi connectivity index (χ2n) is 5.55. The molecule has 9 heteroatoms. The Bertz CT molecular complexity index is 741. The van der Waals surface area contributed by atoms with E-state index in [0.717, 1.165) is 12.1 Å². The fraction of sp³-hybridized carbons (Fsp3) is 0.333. The fourth-order valence-electron chi connectivity index (χ4n) is 2.16. The summed E-state index contributed by atoms with van der Waals surface area (Å²) in [5.41, 5.74) is -0.0288. The highest BCUT2D eigenvalue weighted by Gasteiger charge is 2.29. The average Bonchev–Trinajstić information content (AvgIpc) is 3.17. The molecule has 2 aromatic rings. The number of aliphatic imine (C=N–C) groups is 1. The predicted molar refractivity (Wildman–Crippen MR) is 95.3 cm³/mol. The summed E-state index contributed by atoms with van der Waals surface area (Å²) in [6.45, 7) is 3.52. The van der Waals surface area contributed by atoms with E-state index in [9.17, 15) is 18.0 Å². The molecule has 1 heterocycles. The molecule has 2 rings (SSSR count). The molecule has 0 saturated heterocycles. The fourth-order valence-corrected chi connectivity index (χ4v) is 2.16. The molecule has 3 N–H and O–H groups in total. The average molecular weight is 382 g/mol. The molecule has 0 atom stereocenters. The highest BCUT2D eigenvalue weighted by molar-refractivity contribution is 5.91. The minimum Gasteiger partial charge on any atom is -0.459 e. The Morgan fingerprint density at radius 1 is 1.07 bits per heavy atom. The van der Waals surface area contributed by atoms with Crippen LogP contribution in [0.15, 0.2) is 52.1 Å². The van der Waals surface area contributed by atoms with Crippen LogP contribution in [-0.2, 0) is 12.7 Å². The van der Waals surface area contributed by atoms with Crippen molar-refractivity contribution in [2.75, 3.05) is 19.6 Å². The van der Waals surface area contributed by atoms with E-state index in [2.05, 4.69) is 20.9 Å². The molecule has 0 bridgehead atoms. The van der Waals surface area contributed by atoms with Crippen molar-refractivity contribution < 1.29 is 22.4 Å². The first-order chi connectivity index (χ1) is 12.9. The summed E-state index contributed by atoms with van der Waals surface area (Å²) >= 11 is 0. The van der Waals surface area contributed by atoms with Crippen molar-refractivity contribution in [2.45, 2.75) is 19.6 Å². The summed E-state index contributed by atoms with van der Waals surface area (Å²) in [6.07, 6.45) is -2.93. The lowest BCUT2D eigenvalue weighted by Crippen LogP contribution is -2.41. The molecule has 1 aromatic carbocycles. The van der Waals surface area contributed by atoms with Gasteiger partial charge in [-0.25, -0.2) is 4.99 Å². The van der Waals surface area contributed by atoms with E-state index in [1.807, 2.05) is 6.92 Å².